The van der Waals surface area contributed by atoms with E-state index in [0.717, 1.165) is 17.0 Å². The highest BCUT2D eigenvalue weighted by molar-refractivity contribution is 7.10. The fourth-order valence-corrected chi connectivity index (χ4v) is 2.62. The second-order valence-electron chi connectivity index (χ2n) is 4.57. The molecule has 0 aliphatic rings. The zero-order valence-electron chi connectivity index (χ0n) is 11.1. The third kappa shape index (κ3) is 3.62. The molecule has 1 aromatic heterocycles. The van der Waals surface area contributed by atoms with Crippen molar-refractivity contribution in [3.05, 3.63) is 57.0 Å². The first-order valence-corrected chi connectivity index (χ1v) is 7.01. The number of thiophene rings is 1. The van der Waals surface area contributed by atoms with Crippen molar-refractivity contribution in [2.45, 2.75) is 19.5 Å². The second-order valence-corrected chi connectivity index (χ2v) is 5.56. The van der Waals surface area contributed by atoms with Gasteiger partial charge in [0.25, 0.3) is 0 Å². The Morgan fingerprint density at radius 3 is 2.43 bits per heavy atom. The Bertz CT molecular complexity index is 649. The quantitative estimate of drug-likeness (QED) is 0.833. The van der Waals surface area contributed by atoms with Crippen molar-refractivity contribution in [1.82, 2.24) is 5.32 Å². The van der Waals surface area contributed by atoms with E-state index in [4.69, 9.17) is 5.73 Å². The summed E-state index contributed by atoms with van der Waals surface area (Å²) in [7, 11) is 0. The summed E-state index contributed by atoms with van der Waals surface area (Å²) in [5.74, 6) is -4.42. The van der Waals surface area contributed by atoms with Crippen molar-refractivity contribution in [3.8, 4) is 0 Å². The van der Waals surface area contributed by atoms with Crippen LogP contribution >= 0.6 is 11.3 Å². The van der Waals surface area contributed by atoms with Gasteiger partial charge in [-0.15, -0.1) is 11.3 Å². The Labute approximate surface area is 123 Å². The van der Waals surface area contributed by atoms with E-state index < -0.39 is 23.4 Å². The van der Waals surface area contributed by atoms with Crippen LogP contribution in [0.5, 0.6) is 0 Å². The van der Waals surface area contributed by atoms with Gasteiger partial charge in [0.1, 0.15) is 0 Å². The number of primary amides is 1. The van der Waals surface area contributed by atoms with Crippen molar-refractivity contribution >= 4 is 17.2 Å². The lowest BCUT2D eigenvalue weighted by atomic mass is 10.1. The molecule has 0 saturated carbocycles. The molecule has 7 heteroatoms. The molecule has 0 saturated heterocycles. The smallest absolute Gasteiger partial charge is 0.249 e. The summed E-state index contributed by atoms with van der Waals surface area (Å²) in [4.78, 5) is 11.8. The molecule has 0 aliphatic heterocycles. The van der Waals surface area contributed by atoms with Gasteiger partial charge in [0.05, 0.1) is 5.56 Å². The standard InChI is InChI=1S/C14H13F3N2OS/c1-7(8-3-11(15)13(17)12(16)4-8)19-5-10-2-9(6-21-10)14(18)20/h2-4,6-7,19H,5H2,1H3,(H2,18,20)/t7-/m0/s1. The van der Waals surface area contributed by atoms with Gasteiger partial charge in [0.2, 0.25) is 5.91 Å². The Balaban J connectivity index is 2.04. The van der Waals surface area contributed by atoms with E-state index in [1.165, 1.54) is 11.3 Å². The summed E-state index contributed by atoms with van der Waals surface area (Å²) in [5.41, 5.74) is 5.87. The minimum atomic E-state index is -1.48. The van der Waals surface area contributed by atoms with E-state index in [-0.39, 0.29) is 6.04 Å². The topological polar surface area (TPSA) is 55.1 Å². The molecule has 0 fully saturated rings. The highest BCUT2D eigenvalue weighted by Crippen LogP contribution is 2.20. The summed E-state index contributed by atoms with van der Waals surface area (Å²) >= 11 is 1.35. The van der Waals surface area contributed by atoms with Crippen LogP contribution in [0.4, 0.5) is 13.2 Å². The molecule has 1 amide bonds. The van der Waals surface area contributed by atoms with E-state index in [9.17, 15) is 18.0 Å². The van der Waals surface area contributed by atoms with Crippen molar-refractivity contribution in [1.29, 1.82) is 0 Å². The lowest BCUT2D eigenvalue weighted by Gasteiger charge is -2.14. The molecule has 0 radical (unpaired) electrons. The molecule has 1 aromatic carbocycles. The number of hydrogen-bond acceptors (Lipinski definition) is 3. The van der Waals surface area contributed by atoms with Crippen LogP contribution in [0.25, 0.3) is 0 Å². The fourth-order valence-electron chi connectivity index (χ4n) is 1.80. The van der Waals surface area contributed by atoms with E-state index in [1.807, 2.05) is 0 Å². The zero-order chi connectivity index (χ0) is 15.6. The van der Waals surface area contributed by atoms with Gasteiger partial charge in [-0.05, 0) is 30.7 Å². The number of carbonyl (C=O) groups excluding carboxylic acids is 1. The number of hydrogen-bond donors (Lipinski definition) is 2. The van der Waals surface area contributed by atoms with Gasteiger partial charge >= 0.3 is 0 Å². The molecule has 1 atom stereocenters. The molecule has 1 heterocycles. The van der Waals surface area contributed by atoms with Crippen LogP contribution < -0.4 is 11.1 Å². The molecule has 0 aliphatic carbocycles. The first-order chi connectivity index (χ1) is 9.88. The Kier molecular flexibility index (Phi) is 4.64. The molecule has 2 rings (SSSR count). The number of amides is 1. The normalized spacial score (nSPS) is 12.4. The number of benzene rings is 1. The van der Waals surface area contributed by atoms with E-state index >= 15 is 0 Å². The maximum absolute atomic E-state index is 13.2. The fraction of sp³-hybridized carbons (Fsp3) is 0.214. The Morgan fingerprint density at radius 1 is 1.29 bits per heavy atom. The van der Waals surface area contributed by atoms with Crippen molar-refractivity contribution in [2.24, 2.45) is 5.73 Å². The van der Waals surface area contributed by atoms with Gasteiger partial charge in [-0.25, -0.2) is 13.2 Å². The average Bonchev–Trinajstić information content (AvgIpc) is 2.90. The van der Waals surface area contributed by atoms with Crippen LogP contribution in [0.15, 0.2) is 23.6 Å². The van der Waals surface area contributed by atoms with Gasteiger partial charge in [-0.1, -0.05) is 0 Å². The molecule has 0 bridgehead atoms. The summed E-state index contributed by atoms with van der Waals surface area (Å²) in [5, 5.41) is 4.68. The highest BCUT2D eigenvalue weighted by atomic mass is 32.1. The lowest BCUT2D eigenvalue weighted by Crippen LogP contribution is -2.18. The second kappa shape index (κ2) is 6.28. The monoisotopic (exact) mass is 314 g/mol. The average molecular weight is 314 g/mol. The molecule has 21 heavy (non-hydrogen) atoms. The number of halogens is 3. The SMILES string of the molecule is C[C@H](NCc1cc(C(N)=O)cs1)c1cc(F)c(F)c(F)c1. The summed E-state index contributed by atoms with van der Waals surface area (Å²) in [6, 6.07) is 3.19. The molecule has 0 unspecified atom stereocenters. The van der Waals surface area contributed by atoms with Crippen molar-refractivity contribution in [2.75, 3.05) is 0 Å². The summed E-state index contributed by atoms with van der Waals surface area (Å²) < 4.78 is 39.2. The van der Waals surface area contributed by atoms with Crippen molar-refractivity contribution < 1.29 is 18.0 Å². The first kappa shape index (κ1) is 15.5. The Hall–Kier alpha value is -1.86. The highest BCUT2D eigenvalue weighted by Gasteiger charge is 2.14. The number of nitrogens with one attached hydrogen (secondary N) is 1. The summed E-state index contributed by atoms with van der Waals surface area (Å²) in [6.07, 6.45) is 0. The number of carbonyl (C=O) groups is 1. The van der Waals surface area contributed by atoms with Crippen LogP contribution in [0, 0.1) is 17.5 Å². The van der Waals surface area contributed by atoms with Gasteiger partial charge in [-0.2, -0.15) is 0 Å². The van der Waals surface area contributed by atoms with Crippen LogP contribution in [0.2, 0.25) is 0 Å². The van der Waals surface area contributed by atoms with Crippen LogP contribution in [0.3, 0.4) is 0 Å². The maximum atomic E-state index is 13.2. The predicted molar refractivity (Wildman–Crippen MR) is 74.4 cm³/mol. The van der Waals surface area contributed by atoms with Crippen molar-refractivity contribution in [3.63, 3.8) is 0 Å². The van der Waals surface area contributed by atoms with E-state index in [1.54, 1.807) is 18.4 Å². The van der Waals surface area contributed by atoms with Gasteiger partial charge in [0.15, 0.2) is 17.5 Å². The molecular weight excluding hydrogens is 301 g/mol. The van der Waals surface area contributed by atoms with Crippen LogP contribution in [-0.4, -0.2) is 5.91 Å². The summed E-state index contributed by atoms with van der Waals surface area (Å²) in [6.45, 7) is 2.11. The molecular formula is C14H13F3N2OS. The maximum Gasteiger partial charge on any atom is 0.249 e. The molecule has 0 spiro atoms. The first-order valence-electron chi connectivity index (χ1n) is 6.13. The lowest BCUT2D eigenvalue weighted by molar-refractivity contribution is 0.100. The Morgan fingerprint density at radius 2 is 1.90 bits per heavy atom. The van der Waals surface area contributed by atoms with Crippen LogP contribution in [-0.2, 0) is 6.54 Å². The van der Waals surface area contributed by atoms with E-state index in [2.05, 4.69) is 5.32 Å². The number of rotatable bonds is 5. The third-order valence-electron chi connectivity index (χ3n) is 3.03. The minimum Gasteiger partial charge on any atom is -0.366 e. The third-order valence-corrected chi connectivity index (χ3v) is 3.96. The molecule has 3 N–H and O–H groups in total. The molecule has 112 valence electrons. The number of nitrogens with two attached hydrogens (primary N) is 1. The van der Waals surface area contributed by atoms with E-state index in [0.29, 0.717) is 17.7 Å². The molecule has 2 aromatic rings. The molecule has 3 nitrogen and oxygen atoms in total. The van der Waals surface area contributed by atoms with Crippen LogP contribution in [0.1, 0.15) is 33.8 Å². The predicted octanol–water partition coefficient (Wildman–Crippen LogP) is 3.12. The van der Waals surface area contributed by atoms with Gasteiger partial charge in [0, 0.05) is 22.8 Å². The van der Waals surface area contributed by atoms with Gasteiger partial charge < -0.3 is 11.1 Å². The largest absolute Gasteiger partial charge is 0.366 e. The van der Waals surface area contributed by atoms with Gasteiger partial charge in [-0.3, -0.25) is 4.79 Å². The zero-order valence-corrected chi connectivity index (χ0v) is 11.9. The minimum absolute atomic E-state index is 0.304.